The first-order valence-corrected chi connectivity index (χ1v) is 6.79. The van der Waals surface area contributed by atoms with Crippen LogP contribution in [0, 0.1) is 6.92 Å². The highest BCUT2D eigenvalue weighted by Gasteiger charge is 2.23. The van der Waals surface area contributed by atoms with Gasteiger partial charge in [-0.1, -0.05) is 5.16 Å². The van der Waals surface area contributed by atoms with E-state index in [0.29, 0.717) is 38.3 Å². The number of amidine groups is 1. The van der Waals surface area contributed by atoms with Crippen LogP contribution in [0.1, 0.15) is 15.9 Å². The molecule has 1 aliphatic rings. The molecule has 1 heterocycles. The fraction of sp³-hybridized carbons (Fsp3) is 0.429. The SMILES string of the molecule is Cc1cc(O)ccc1C(=O)N1CCN(C/C(N)=N/O)CC1. The third-order valence-corrected chi connectivity index (χ3v) is 3.61. The zero-order valence-electron chi connectivity index (χ0n) is 12.0. The summed E-state index contributed by atoms with van der Waals surface area (Å²) in [6.45, 7) is 4.76. The number of hydrogen-bond acceptors (Lipinski definition) is 5. The van der Waals surface area contributed by atoms with Gasteiger partial charge in [-0.15, -0.1) is 0 Å². The molecule has 1 aliphatic heterocycles. The quantitative estimate of drug-likeness (QED) is 0.320. The van der Waals surface area contributed by atoms with Crippen molar-refractivity contribution in [2.24, 2.45) is 10.9 Å². The predicted octanol–water partition coefficient (Wildman–Crippen LogP) is 0.205. The van der Waals surface area contributed by atoms with Crippen molar-refractivity contribution < 1.29 is 15.1 Å². The Morgan fingerprint density at radius 3 is 2.57 bits per heavy atom. The van der Waals surface area contributed by atoms with Gasteiger partial charge < -0.3 is 20.9 Å². The van der Waals surface area contributed by atoms with Crippen LogP contribution in [0.4, 0.5) is 0 Å². The van der Waals surface area contributed by atoms with Crippen LogP contribution in [0.25, 0.3) is 0 Å². The Hall–Kier alpha value is -2.28. The first-order valence-electron chi connectivity index (χ1n) is 6.79. The average Bonchev–Trinajstić information content (AvgIpc) is 2.47. The summed E-state index contributed by atoms with van der Waals surface area (Å²) in [5, 5.41) is 20.9. The van der Waals surface area contributed by atoms with Gasteiger partial charge in [0.1, 0.15) is 5.75 Å². The summed E-state index contributed by atoms with van der Waals surface area (Å²) >= 11 is 0. The van der Waals surface area contributed by atoms with Crippen LogP contribution < -0.4 is 5.73 Å². The number of carbonyl (C=O) groups excluding carboxylic acids is 1. The van der Waals surface area contributed by atoms with Crippen molar-refractivity contribution in [2.75, 3.05) is 32.7 Å². The molecular formula is C14H20N4O3. The molecule has 21 heavy (non-hydrogen) atoms. The Morgan fingerprint density at radius 2 is 2.00 bits per heavy atom. The molecule has 4 N–H and O–H groups in total. The summed E-state index contributed by atoms with van der Waals surface area (Å²) in [4.78, 5) is 16.3. The number of oxime groups is 1. The summed E-state index contributed by atoms with van der Waals surface area (Å²) in [5.41, 5.74) is 6.85. The zero-order valence-corrected chi connectivity index (χ0v) is 12.0. The molecule has 1 saturated heterocycles. The number of phenolic OH excluding ortho intramolecular Hbond substituents is 1. The lowest BCUT2D eigenvalue weighted by Gasteiger charge is -2.34. The van der Waals surface area contributed by atoms with Crippen LogP contribution in [0.2, 0.25) is 0 Å². The zero-order chi connectivity index (χ0) is 15.4. The monoisotopic (exact) mass is 292 g/mol. The lowest BCUT2D eigenvalue weighted by molar-refractivity contribution is 0.0652. The van der Waals surface area contributed by atoms with Gasteiger partial charge in [0.15, 0.2) is 5.84 Å². The van der Waals surface area contributed by atoms with Gasteiger partial charge in [0, 0.05) is 31.7 Å². The van der Waals surface area contributed by atoms with Crippen molar-refractivity contribution >= 4 is 11.7 Å². The van der Waals surface area contributed by atoms with E-state index in [4.69, 9.17) is 10.9 Å². The minimum absolute atomic E-state index is 0.0315. The van der Waals surface area contributed by atoms with Crippen molar-refractivity contribution in [3.8, 4) is 5.75 Å². The molecule has 0 aliphatic carbocycles. The summed E-state index contributed by atoms with van der Waals surface area (Å²) in [7, 11) is 0. The lowest BCUT2D eigenvalue weighted by atomic mass is 10.1. The van der Waals surface area contributed by atoms with E-state index in [2.05, 4.69) is 5.16 Å². The normalized spacial score (nSPS) is 17.0. The van der Waals surface area contributed by atoms with Crippen LogP contribution in [0.15, 0.2) is 23.4 Å². The molecule has 2 rings (SSSR count). The third kappa shape index (κ3) is 3.63. The van der Waals surface area contributed by atoms with Gasteiger partial charge in [0.05, 0.1) is 6.54 Å². The molecule has 0 saturated carbocycles. The van der Waals surface area contributed by atoms with E-state index >= 15 is 0 Å². The molecular weight excluding hydrogens is 272 g/mol. The molecule has 0 bridgehead atoms. The molecule has 0 unspecified atom stereocenters. The standard InChI is InChI=1S/C14H20N4O3/c1-10-8-11(19)2-3-12(10)14(20)18-6-4-17(5-7-18)9-13(15)16-21/h2-3,8,19,21H,4-7,9H2,1H3,(H2,15,16). The largest absolute Gasteiger partial charge is 0.508 e. The number of hydrogen-bond donors (Lipinski definition) is 3. The second-order valence-corrected chi connectivity index (χ2v) is 5.16. The first-order chi connectivity index (χ1) is 10.0. The van der Waals surface area contributed by atoms with Crippen LogP contribution in [0.5, 0.6) is 5.75 Å². The molecule has 0 radical (unpaired) electrons. The number of carbonyl (C=O) groups is 1. The van der Waals surface area contributed by atoms with Crippen molar-refractivity contribution in [1.82, 2.24) is 9.80 Å². The summed E-state index contributed by atoms with van der Waals surface area (Å²) in [6, 6.07) is 4.76. The summed E-state index contributed by atoms with van der Waals surface area (Å²) in [5.74, 6) is 0.299. The van der Waals surface area contributed by atoms with Crippen molar-refractivity contribution in [3.63, 3.8) is 0 Å². The van der Waals surface area contributed by atoms with Gasteiger partial charge in [0.2, 0.25) is 0 Å². The molecule has 0 atom stereocenters. The topological polar surface area (TPSA) is 102 Å². The summed E-state index contributed by atoms with van der Waals surface area (Å²) in [6.07, 6.45) is 0. The summed E-state index contributed by atoms with van der Waals surface area (Å²) < 4.78 is 0. The van der Waals surface area contributed by atoms with Crippen LogP contribution in [-0.2, 0) is 0 Å². The van der Waals surface area contributed by atoms with Gasteiger partial charge >= 0.3 is 0 Å². The highest BCUT2D eigenvalue weighted by atomic mass is 16.4. The maximum Gasteiger partial charge on any atom is 0.254 e. The number of piperazine rings is 1. The molecule has 1 aromatic carbocycles. The average molecular weight is 292 g/mol. The minimum atomic E-state index is -0.0315. The number of nitrogens with two attached hydrogens (primary N) is 1. The highest BCUT2D eigenvalue weighted by Crippen LogP contribution is 2.18. The Balaban J connectivity index is 1.97. The maximum absolute atomic E-state index is 12.5. The Kier molecular flexibility index (Phi) is 4.64. The number of aromatic hydroxyl groups is 1. The molecule has 114 valence electrons. The molecule has 7 heteroatoms. The van der Waals surface area contributed by atoms with E-state index in [1.54, 1.807) is 17.0 Å². The number of rotatable bonds is 3. The maximum atomic E-state index is 12.5. The fourth-order valence-corrected chi connectivity index (χ4v) is 2.43. The second-order valence-electron chi connectivity index (χ2n) is 5.16. The van der Waals surface area contributed by atoms with Gasteiger partial charge in [-0.25, -0.2) is 0 Å². The lowest BCUT2D eigenvalue weighted by Crippen LogP contribution is -2.50. The number of benzene rings is 1. The van der Waals surface area contributed by atoms with E-state index in [1.807, 2.05) is 11.8 Å². The minimum Gasteiger partial charge on any atom is -0.508 e. The number of aryl methyl sites for hydroxylation is 1. The van der Waals surface area contributed by atoms with Crippen LogP contribution >= 0.6 is 0 Å². The molecule has 0 spiro atoms. The number of nitrogens with zero attached hydrogens (tertiary/aromatic N) is 3. The highest BCUT2D eigenvalue weighted by molar-refractivity contribution is 5.95. The molecule has 1 aromatic rings. The van der Waals surface area contributed by atoms with Crippen molar-refractivity contribution in [1.29, 1.82) is 0 Å². The van der Waals surface area contributed by atoms with E-state index in [9.17, 15) is 9.90 Å². The van der Waals surface area contributed by atoms with Gasteiger partial charge in [0.25, 0.3) is 5.91 Å². The molecule has 7 nitrogen and oxygen atoms in total. The van der Waals surface area contributed by atoms with Crippen molar-refractivity contribution in [3.05, 3.63) is 29.3 Å². The third-order valence-electron chi connectivity index (χ3n) is 3.61. The first kappa shape index (κ1) is 15.1. The van der Waals surface area contributed by atoms with Gasteiger partial charge in [-0.3, -0.25) is 9.69 Å². The Morgan fingerprint density at radius 1 is 1.33 bits per heavy atom. The van der Waals surface area contributed by atoms with E-state index in [-0.39, 0.29) is 17.5 Å². The smallest absolute Gasteiger partial charge is 0.254 e. The molecule has 1 amide bonds. The van der Waals surface area contributed by atoms with E-state index in [1.165, 1.54) is 6.07 Å². The van der Waals surface area contributed by atoms with E-state index < -0.39 is 0 Å². The Bertz CT molecular complexity index is 551. The van der Waals surface area contributed by atoms with Gasteiger partial charge in [-0.2, -0.15) is 0 Å². The van der Waals surface area contributed by atoms with Gasteiger partial charge in [-0.05, 0) is 30.7 Å². The predicted molar refractivity (Wildman–Crippen MR) is 78.6 cm³/mol. The number of amides is 1. The molecule has 0 aromatic heterocycles. The van der Waals surface area contributed by atoms with Crippen LogP contribution in [-0.4, -0.2) is 64.6 Å². The number of phenols is 1. The Labute approximate surface area is 123 Å². The van der Waals surface area contributed by atoms with Crippen LogP contribution in [0.3, 0.4) is 0 Å². The fourth-order valence-electron chi connectivity index (χ4n) is 2.43. The van der Waals surface area contributed by atoms with Crippen molar-refractivity contribution in [2.45, 2.75) is 6.92 Å². The second kappa shape index (κ2) is 6.45. The van der Waals surface area contributed by atoms with E-state index in [0.717, 1.165) is 5.56 Å². The molecule has 1 fully saturated rings.